The molecule has 0 aromatic carbocycles. The van der Waals surface area contributed by atoms with Crippen molar-refractivity contribution in [2.24, 2.45) is 0 Å². The van der Waals surface area contributed by atoms with Crippen molar-refractivity contribution < 1.29 is 8.42 Å². The van der Waals surface area contributed by atoms with Gasteiger partial charge >= 0.3 is 0 Å². The molecule has 1 unspecified atom stereocenters. The van der Waals surface area contributed by atoms with E-state index >= 15 is 0 Å². The molecule has 1 aromatic heterocycles. The van der Waals surface area contributed by atoms with Crippen LogP contribution in [0.1, 0.15) is 5.56 Å². The molecule has 1 aliphatic heterocycles. The Balaban J connectivity index is 2.22. The Morgan fingerprint density at radius 3 is 2.94 bits per heavy atom. The summed E-state index contributed by atoms with van der Waals surface area (Å²) < 4.78 is 22.4. The number of nitrogen functional groups attached to an aromatic ring is 1. The standard InChI is InChI=1S/C10H10N4O2S/c11-5-7-1-3-13-10(9(7)12)14-8-2-4-17(15,16)6-8/h1-4,8H,6,12H2,(H,13,14). The van der Waals surface area contributed by atoms with Gasteiger partial charge in [-0.2, -0.15) is 5.26 Å². The highest BCUT2D eigenvalue weighted by Crippen LogP contribution is 2.21. The Bertz CT molecular complexity index is 616. The van der Waals surface area contributed by atoms with Crippen LogP contribution >= 0.6 is 0 Å². The third kappa shape index (κ3) is 2.37. The van der Waals surface area contributed by atoms with E-state index in [-0.39, 0.29) is 17.5 Å². The first-order chi connectivity index (χ1) is 8.02. The molecule has 0 spiro atoms. The Morgan fingerprint density at radius 2 is 2.35 bits per heavy atom. The SMILES string of the molecule is N#Cc1ccnc(NC2C=CS(=O)(=O)C2)c1N. The van der Waals surface area contributed by atoms with Crippen molar-refractivity contribution in [3.05, 3.63) is 29.3 Å². The molecule has 3 N–H and O–H groups in total. The van der Waals surface area contributed by atoms with Gasteiger partial charge in [0, 0.05) is 11.6 Å². The smallest absolute Gasteiger partial charge is 0.173 e. The quantitative estimate of drug-likeness (QED) is 0.779. The summed E-state index contributed by atoms with van der Waals surface area (Å²) in [6.45, 7) is 0. The van der Waals surface area contributed by atoms with E-state index in [1.54, 1.807) is 0 Å². The summed E-state index contributed by atoms with van der Waals surface area (Å²) in [5.41, 5.74) is 6.26. The number of nitriles is 1. The summed E-state index contributed by atoms with van der Waals surface area (Å²) in [5.74, 6) is 0.307. The fourth-order valence-corrected chi connectivity index (χ4v) is 2.76. The van der Waals surface area contributed by atoms with Crippen LogP contribution in [0.2, 0.25) is 0 Å². The minimum atomic E-state index is -3.12. The summed E-state index contributed by atoms with van der Waals surface area (Å²) in [4.78, 5) is 3.98. The van der Waals surface area contributed by atoms with Gasteiger partial charge in [-0.15, -0.1) is 0 Å². The molecule has 88 valence electrons. The number of aromatic nitrogens is 1. The topological polar surface area (TPSA) is 109 Å². The predicted molar refractivity (Wildman–Crippen MR) is 63.7 cm³/mol. The maximum atomic E-state index is 11.2. The highest BCUT2D eigenvalue weighted by atomic mass is 32.2. The van der Waals surface area contributed by atoms with Gasteiger partial charge in [-0.3, -0.25) is 0 Å². The molecule has 1 atom stereocenters. The average Bonchev–Trinajstić information content (AvgIpc) is 2.61. The second-order valence-electron chi connectivity index (χ2n) is 3.64. The first-order valence-electron chi connectivity index (χ1n) is 4.84. The summed E-state index contributed by atoms with van der Waals surface area (Å²) in [5, 5.41) is 12.8. The molecule has 0 saturated heterocycles. The zero-order valence-electron chi connectivity index (χ0n) is 8.79. The van der Waals surface area contributed by atoms with E-state index in [0.717, 1.165) is 5.41 Å². The Kier molecular flexibility index (Phi) is 2.73. The maximum Gasteiger partial charge on any atom is 0.173 e. The van der Waals surface area contributed by atoms with Crippen LogP contribution < -0.4 is 11.1 Å². The highest BCUT2D eigenvalue weighted by molar-refractivity contribution is 7.94. The van der Waals surface area contributed by atoms with E-state index in [9.17, 15) is 8.42 Å². The Hall–Kier alpha value is -2.07. The van der Waals surface area contributed by atoms with Gasteiger partial charge in [-0.25, -0.2) is 13.4 Å². The monoisotopic (exact) mass is 250 g/mol. The fraction of sp³-hybridized carbons (Fsp3) is 0.200. The van der Waals surface area contributed by atoms with Crippen LogP contribution in [0.3, 0.4) is 0 Å². The van der Waals surface area contributed by atoms with Crippen LogP contribution in [0, 0.1) is 11.3 Å². The molecule has 2 rings (SSSR count). The molecule has 17 heavy (non-hydrogen) atoms. The zero-order valence-corrected chi connectivity index (χ0v) is 9.61. The molecule has 7 heteroatoms. The van der Waals surface area contributed by atoms with Crippen molar-refractivity contribution in [3.8, 4) is 6.07 Å². The molecule has 1 aliphatic rings. The lowest BCUT2D eigenvalue weighted by molar-refractivity contribution is 0.605. The van der Waals surface area contributed by atoms with Crippen LogP contribution in [0.15, 0.2) is 23.7 Å². The number of hydrogen-bond acceptors (Lipinski definition) is 6. The molecule has 0 bridgehead atoms. The van der Waals surface area contributed by atoms with Gasteiger partial charge in [0.2, 0.25) is 0 Å². The average molecular weight is 250 g/mol. The third-order valence-electron chi connectivity index (χ3n) is 2.36. The summed E-state index contributed by atoms with van der Waals surface area (Å²) in [6, 6.07) is 3.08. The van der Waals surface area contributed by atoms with Crippen molar-refractivity contribution >= 4 is 21.3 Å². The number of nitrogens with one attached hydrogen (secondary N) is 1. The number of rotatable bonds is 2. The molecule has 0 aliphatic carbocycles. The summed E-state index contributed by atoms with van der Waals surface area (Å²) >= 11 is 0. The molecule has 0 saturated carbocycles. The van der Waals surface area contributed by atoms with Crippen LogP contribution in [0.4, 0.5) is 11.5 Å². The molecule has 2 heterocycles. The van der Waals surface area contributed by atoms with Crippen LogP contribution in [-0.2, 0) is 9.84 Å². The van der Waals surface area contributed by atoms with Gasteiger partial charge in [0.1, 0.15) is 6.07 Å². The van der Waals surface area contributed by atoms with E-state index in [4.69, 9.17) is 11.0 Å². The zero-order chi connectivity index (χ0) is 12.5. The van der Waals surface area contributed by atoms with Crippen molar-refractivity contribution in [2.45, 2.75) is 6.04 Å². The van der Waals surface area contributed by atoms with Gasteiger partial charge in [0.15, 0.2) is 15.7 Å². The largest absolute Gasteiger partial charge is 0.395 e. The second-order valence-corrected chi connectivity index (χ2v) is 5.57. The van der Waals surface area contributed by atoms with Gasteiger partial charge in [-0.1, -0.05) is 0 Å². The predicted octanol–water partition coefficient (Wildman–Crippen LogP) is 0.258. The van der Waals surface area contributed by atoms with Gasteiger partial charge < -0.3 is 11.1 Å². The van der Waals surface area contributed by atoms with E-state index in [1.165, 1.54) is 18.3 Å². The lowest BCUT2D eigenvalue weighted by atomic mass is 10.2. The molecule has 6 nitrogen and oxygen atoms in total. The molecule has 0 radical (unpaired) electrons. The Morgan fingerprint density at radius 1 is 1.59 bits per heavy atom. The fourth-order valence-electron chi connectivity index (χ4n) is 1.53. The first-order valence-corrected chi connectivity index (χ1v) is 6.55. The molecular weight excluding hydrogens is 240 g/mol. The number of pyridine rings is 1. The second kappa shape index (κ2) is 4.07. The lowest BCUT2D eigenvalue weighted by Crippen LogP contribution is -2.22. The van der Waals surface area contributed by atoms with Crippen molar-refractivity contribution in [2.75, 3.05) is 16.8 Å². The molecule has 1 aromatic rings. The van der Waals surface area contributed by atoms with Crippen molar-refractivity contribution in [1.29, 1.82) is 5.26 Å². The normalized spacial score (nSPS) is 21.0. The lowest BCUT2D eigenvalue weighted by Gasteiger charge is -2.12. The van der Waals surface area contributed by atoms with Crippen molar-refractivity contribution in [1.82, 2.24) is 4.98 Å². The maximum absolute atomic E-state index is 11.2. The summed E-state index contributed by atoms with van der Waals surface area (Å²) in [6.07, 6.45) is 2.99. The van der Waals surface area contributed by atoms with Gasteiger partial charge in [-0.05, 0) is 12.1 Å². The number of sulfone groups is 1. The number of nitrogens with zero attached hydrogens (tertiary/aromatic N) is 2. The summed E-state index contributed by atoms with van der Waals surface area (Å²) in [7, 11) is -3.12. The minimum Gasteiger partial charge on any atom is -0.395 e. The Labute approximate surface area is 98.7 Å². The third-order valence-corrected chi connectivity index (χ3v) is 3.76. The van der Waals surface area contributed by atoms with E-state index in [1.807, 2.05) is 6.07 Å². The molecular formula is C10H10N4O2S. The number of hydrogen-bond donors (Lipinski definition) is 2. The van der Waals surface area contributed by atoms with E-state index in [2.05, 4.69) is 10.3 Å². The van der Waals surface area contributed by atoms with Crippen LogP contribution in [-0.4, -0.2) is 25.2 Å². The molecule has 0 amide bonds. The van der Waals surface area contributed by atoms with Crippen LogP contribution in [0.25, 0.3) is 0 Å². The first kappa shape index (κ1) is 11.4. The van der Waals surface area contributed by atoms with Gasteiger partial charge in [0.05, 0.1) is 23.0 Å². The van der Waals surface area contributed by atoms with Crippen molar-refractivity contribution in [3.63, 3.8) is 0 Å². The van der Waals surface area contributed by atoms with E-state index in [0.29, 0.717) is 11.4 Å². The highest BCUT2D eigenvalue weighted by Gasteiger charge is 2.22. The minimum absolute atomic E-state index is 0.0229. The number of anilines is 2. The molecule has 0 fully saturated rings. The van der Waals surface area contributed by atoms with Crippen LogP contribution in [0.5, 0.6) is 0 Å². The van der Waals surface area contributed by atoms with E-state index < -0.39 is 9.84 Å². The van der Waals surface area contributed by atoms with Gasteiger partial charge in [0.25, 0.3) is 0 Å². The number of nitrogens with two attached hydrogens (primary N) is 1.